The largest absolute Gasteiger partial charge is 0.339 e. The van der Waals surface area contributed by atoms with Crippen molar-refractivity contribution in [2.24, 2.45) is 0 Å². The summed E-state index contributed by atoms with van der Waals surface area (Å²) in [5.41, 5.74) is 0.997. The zero-order chi connectivity index (χ0) is 13.5. The van der Waals surface area contributed by atoms with Crippen molar-refractivity contribution < 1.29 is 4.52 Å². The number of likely N-dealkylation sites (N-methyl/N-ethyl adjacent to an activating group) is 1. The van der Waals surface area contributed by atoms with Crippen molar-refractivity contribution >= 4 is 0 Å². The summed E-state index contributed by atoms with van der Waals surface area (Å²) >= 11 is 0. The molecule has 4 heteroatoms. The molecule has 0 saturated carbocycles. The molecule has 0 atom stereocenters. The molecule has 0 amide bonds. The summed E-state index contributed by atoms with van der Waals surface area (Å²) in [5.74, 6) is 1.38. The van der Waals surface area contributed by atoms with E-state index in [1.165, 1.54) is 12.8 Å². The average Bonchev–Trinajstić information content (AvgIpc) is 2.93. The smallest absolute Gasteiger partial charge is 0.228 e. The summed E-state index contributed by atoms with van der Waals surface area (Å²) in [7, 11) is 2.13. The van der Waals surface area contributed by atoms with Gasteiger partial charge in [0.15, 0.2) is 0 Å². The van der Waals surface area contributed by atoms with Crippen molar-refractivity contribution in [2.75, 3.05) is 20.1 Å². The molecule has 2 rings (SSSR count). The fraction of sp³-hybridized carbons (Fsp3) is 0.467. The maximum absolute atomic E-state index is 5.29. The zero-order valence-corrected chi connectivity index (χ0v) is 11.7. The first-order valence-corrected chi connectivity index (χ1v) is 6.86. The molecular weight excluding hydrogens is 238 g/mol. The fourth-order valence-electron chi connectivity index (χ4n) is 1.89. The molecule has 0 N–H and O–H groups in total. The van der Waals surface area contributed by atoms with Gasteiger partial charge in [-0.2, -0.15) is 4.98 Å². The molecule has 0 unspecified atom stereocenters. The highest BCUT2D eigenvalue weighted by atomic mass is 16.5. The molecule has 0 bridgehead atoms. The van der Waals surface area contributed by atoms with E-state index < -0.39 is 0 Å². The first-order valence-electron chi connectivity index (χ1n) is 6.86. The zero-order valence-electron chi connectivity index (χ0n) is 11.7. The maximum atomic E-state index is 5.29. The Morgan fingerprint density at radius 3 is 2.68 bits per heavy atom. The van der Waals surface area contributed by atoms with Crippen LogP contribution in [0.25, 0.3) is 11.4 Å². The van der Waals surface area contributed by atoms with Gasteiger partial charge in [0.05, 0.1) is 0 Å². The second-order valence-corrected chi connectivity index (χ2v) is 4.78. The number of rotatable bonds is 7. The Hall–Kier alpha value is -1.68. The summed E-state index contributed by atoms with van der Waals surface area (Å²) in [6.45, 7) is 4.28. The first-order chi connectivity index (χ1) is 9.29. The summed E-state index contributed by atoms with van der Waals surface area (Å²) in [4.78, 5) is 6.73. The van der Waals surface area contributed by atoms with Crippen molar-refractivity contribution in [1.82, 2.24) is 15.0 Å². The summed E-state index contributed by atoms with van der Waals surface area (Å²) in [6, 6.07) is 9.91. The van der Waals surface area contributed by atoms with Gasteiger partial charge in [0.25, 0.3) is 0 Å². The van der Waals surface area contributed by atoms with Crippen LogP contribution in [0.15, 0.2) is 34.9 Å². The van der Waals surface area contributed by atoms with Crippen molar-refractivity contribution in [1.29, 1.82) is 0 Å². The number of aromatic nitrogens is 2. The van der Waals surface area contributed by atoms with Crippen LogP contribution < -0.4 is 0 Å². The van der Waals surface area contributed by atoms with Crippen LogP contribution in [-0.4, -0.2) is 35.2 Å². The van der Waals surface area contributed by atoms with Gasteiger partial charge < -0.3 is 9.42 Å². The van der Waals surface area contributed by atoms with E-state index in [0.717, 1.165) is 25.1 Å². The molecule has 0 fully saturated rings. The van der Waals surface area contributed by atoms with Crippen molar-refractivity contribution in [3.05, 3.63) is 36.2 Å². The quantitative estimate of drug-likeness (QED) is 0.766. The van der Waals surface area contributed by atoms with Crippen molar-refractivity contribution in [3.63, 3.8) is 0 Å². The minimum atomic E-state index is 0.673. The number of nitrogens with zero attached hydrogens (tertiary/aromatic N) is 3. The molecule has 2 aromatic rings. The van der Waals surface area contributed by atoms with Crippen LogP contribution in [-0.2, 0) is 6.42 Å². The van der Waals surface area contributed by atoms with E-state index in [2.05, 4.69) is 29.0 Å². The molecule has 0 aliphatic carbocycles. The van der Waals surface area contributed by atoms with E-state index in [4.69, 9.17) is 4.52 Å². The lowest BCUT2D eigenvalue weighted by Gasteiger charge is -2.14. The van der Waals surface area contributed by atoms with Crippen molar-refractivity contribution in [2.45, 2.75) is 26.2 Å². The molecule has 0 spiro atoms. The highest BCUT2D eigenvalue weighted by molar-refractivity contribution is 5.53. The molecular formula is C15H21N3O. The van der Waals surface area contributed by atoms with E-state index in [1.54, 1.807) is 0 Å². The Bertz CT molecular complexity index is 481. The van der Waals surface area contributed by atoms with Crippen LogP contribution in [0.5, 0.6) is 0 Å². The van der Waals surface area contributed by atoms with E-state index >= 15 is 0 Å². The Morgan fingerprint density at radius 1 is 1.16 bits per heavy atom. The van der Waals surface area contributed by atoms with E-state index in [1.807, 2.05) is 30.3 Å². The molecule has 0 radical (unpaired) electrons. The lowest BCUT2D eigenvalue weighted by atomic mass is 10.2. The number of hydrogen-bond donors (Lipinski definition) is 0. The SMILES string of the molecule is CCCCN(C)CCc1nc(-c2ccccc2)no1. The van der Waals surface area contributed by atoms with Gasteiger partial charge in [0, 0.05) is 18.5 Å². The monoisotopic (exact) mass is 259 g/mol. The third kappa shape index (κ3) is 4.17. The highest BCUT2D eigenvalue weighted by Crippen LogP contribution is 2.14. The van der Waals surface area contributed by atoms with Gasteiger partial charge in [0.2, 0.25) is 11.7 Å². The van der Waals surface area contributed by atoms with Crippen LogP contribution in [0, 0.1) is 0 Å². The van der Waals surface area contributed by atoms with Gasteiger partial charge in [0.1, 0.15) is 0 Å². The second-order valence-electron chi connectivity index (χ2n) is 4.78. The Balaban J connectivity index is 1.88. The number of unbranched alkanes of at least 4 members (excludes halogenated alkanes) is 1. The van der Waals surface area contributed by atoms with Crippen molar-refractivity contribution in [3.8, 4) is 11.4 Å². The third-order valence-electron chi connectivity index (χ3n) is 3.10. The normalized spacial score (nSPS) is 11.1. The summed E-state index contributed by atoms with van der Waals surface area (Å²) in [6.07, 6.45) is 3.26. The molecule has 0 saturated heterocycles. The predicted molar refractivity (Wildman–Crippen MR) is 75.8 cm³/mol. The second kappa shape index (κ2) is 7.04. The average molecular weight is 259 g/mol. The Labute approximate surface area is 114 Å². The van der Waals surface area contributed by atoms with Gasteiger partial charge >= 0.3 is 0 Å². The van der Waals surface area contributed by atoms with Gasteiger partial charge in [-0.05, 0) is 20.0 Å². The number of benzene rings is 1. The summed E-state index contributed by atoms with van der Waals surface area (Å²) in [5, 5.41) is 4.02. The minimum absolute atomic E-state index is 0.673. The Morgan fingerprint density at radius 2 is 1.95 bits per heavy atom. The van der Waals surface area contributed by atoms with Gasteiger partial charge in [-0.1, -0.05) is 48.8 Å². The van der Waals surface area contributed by atoms with E-state index in [0.29, 0.717) is 11.7 Å². The van der Waals surface area contributed by atoms with Crippen LogP contribution in [0.3, 0.4) is 0 Å². The van der Waals surface area contributed by atoms with Crippen LogP contribution in [0.4, 0.5) is 0 Å². The molecule has 1 aromatic heterocycles. The predicted octanol–water partition coefficient (Wildman–Crippen LogP) is 3.01. The molecule has 102 valence electrons. The molecule has 4 nitrogen and oxygen atoms in total. The molecule has 0 aliphatic heterocycles. The third-order valence-corrected chi connectivity index (χ3v) is 3.10. The molecule has 0 aliphatic rings. The van der Waals surface area contributed by atoms with Crippen LogP contribution >= 0.6 is 0 Å². The molecule has 19 heavy (non-hydrogen) atoms. The number of hydrogen-bond acceptors (Lipinski definition) is 4. The molecule has 1 heterocycles. The topological polar surface area (TPSA) is 42.2 Å². The van der Waals surface area contributed by atoms with Gasteiger partial charge in [-0.3, -0.25) is 0 Å². The van der Waals surface area contributed by atoms with Gasteiger partial charge in [-0.15, -0.1) is 0 Å². The fourth-order valence-corrected chi connectivity index (χ4v) is 1.89. The van der Waals surface area contributed by atoms with Gasteiger partial charge in [-0.25, -0.2) is 0 Å². The minimum Gasteiger partial charge on any atom is -0.339 e. The maximum Gasteiger partial charge on any atom is 0.228 e. The lowest BCUT2D eigenvalue weighted by molar-refractivity contribution is 0.305. The standard InChI is InChI=1S/C15H21N3O/c1-3-4-11-18(2)12-10-14-16-15(17-19-14)13-8-6-5-7-9-13/h5-9H,3-4,10-12H2,1-2H3. The van der Waals surface area contributed by atoms with E-state index in [-0.39, 0.29) is 0 Å². The highest BCUT2D eigenvalue weighted by Gasteiger charge is 2.08. The first kappa shape index (κ1) is 13.7. The van der Waals surface area contributed by atoms with E-state index in [9.17, 15) is 0 Å². The molecule has 1 aromatic carbocycles. The van der Waals surface area contributed by atoms with Crippen LogP contribution in [0.1, 0.15) is 25.7 Å². The van der Waals surface area contributed by atoms with Crippen LogP contribution in [0.2, 0.25) is 0 Å². The summed E-state index contributed by atoms with van der Waals surface area (Å²) < 4.78 is 5.29. The Kier molecular flexibility index (Phi) is 5.10. The lowest BCUT2D eigenvalue weighted by Crippen LogP contribution is -2.22.